The summed E-state index contributed by atoms with van der Waals surface area (Å²) in [5.41, 5.74) is 4.16. The molecular weight excluding hydrogens is 324 g/mol. The van der Waals surface area contributed by atoms with Crippen LogP contribution in [0.1, 0.15) is 16.8 Å². The molecule has 4 aromatic rings. The number of hydrogen-bond acceptors (Lipinski definition) is 3. The highest BCUT2D eigenvalue weighted by atomic mass is 16.7. The molecule has 0 unspecified atom stereocenters. The third-order valence-electron chi connectivity index (χ3n) is 4.17. The Labute approximate surface area is 152 Å². The lowest BCUT2D eigenvalue weighted by molar-refractivity contribution is 0.104. The molecule has 0 radical (unpaired) electrons. The summed E-state index contributed by atoms with van der Waals surface area (Å²) in [6.07, 6.45) is 3.76. The molecule has 4 rings (SSSR count). The summed E-state index contributed by atoms with van der Waals surface area (Å²) in [6, 6.07) is 24.3. The fraction of sp³-hybridized carbons (Fsp3) is 0.136. The molecular formula is C22H20N2O2. The van der Waals surface area contributed by atoms with Crippen LogP contribution in [0.4, 0.5) is 0 Å². The summed E-state index contributed by atoms with van der Waals surface area (Å²) in [5.74, 6) is 0. The third-order valence-corrected chi connectivity index (χ3v) is 4.17. The zero-order valence-electron chi connectivity index (χ0n) is 14.4. The van der Waals surface area contributed by atoms with Gasteiger partial charge in [-0.15, -0.1) is 0 Å². The van der Waals surface area contributed by atoms with Crippen molar-refractivity contribution in [2.24, 2.45) is 0 Å². The smallest absolute Gasteiger partial charge is 0.140 e. The largest absolute Gasteiger partial charge is 0.409 e. The van der Waals surface area contributed by atoms with Crippen molar-refractivity contribution in [2.45, 2.75) is 19.8 Å². The molecule has 2 heterocycles. The highest BCUT2D eigenvalue weighted by Gasteiger charge is 2.05. The Morgan fingerprint density at radius 3 is 2.19 bits per heavy atom. The second-order valence-electron chi connectivity index (χ2n) is 6.11. The number of aromatic nitrogens is 2. The van der Waals surface area contributed by atoms with Crippen LogP contribution in [0.3, 0.4) is 0 Å². The van der Waals surface area contributed by atoms with Gasteiger partial charge in [0.25, 0.3) is 0 Å². The molecule has 0 saturated carbocycles. The minimum atomic E-state index is 0.487. The molecule has 0 atom stereocenters. The molecule has 130 valence electrons. The number of hydrogen-bond donors (Lipinski definition) is 0. The molecule has 2 aromatic carbocycles. The minimum Gasteiger partial charge on any atom is -0.409 e. The van der Waals surface area contributed by atoms with Gasteiger partial charge in [0.2, 0.25) is 0 Å². The van der Waals surface area contributed by atoms with Crippen LogP contribution in [0.5, 0.6) is 0 Å². The van der Waals surface area contributed by atoms with Gasteiger partial charge in [0.1, 0.15) is 12.1 Å². The molecule has 4 nitrogen and oxygen atoms in total. The highest BCUT2D eigenvalue weighted by molar-refractivity contribution is 5.79. The first-order chi connectivity index (χ1) is 12.9. The fourth-order valence-electron chi connectivity index (χ4n) is 2.81. The summed E-state index contributed by atoms with van der Waals surface area (Å²) in [4.78, 5) is 10.4. The van der Waals surface area contributed by atoms with E-state index >= 15 is 0 Å². The van der Waals surface area contributed by atoms with Gasteiger partial charge in [-0.25, -0.2) is 0 Å². The van der Waals surface area contributed by atoms with E-state index in [-0.39, 0.29) is 0 Å². The first kappa shape index (κ1) is 16.4. The molecule has 0 aliphatic rings. The Kier molecular flexibility index (Phi) is 4.94. The Morgan fingerprint density at radius 1 is 0.769 bits per heavy atom. The van der Waals surface area contributed by atoms with E-state index in [1.54, 1.807) is 4.73 Å². The van der Waals surface area contributed by atoms with Crippen molar-refractivity contribution in [3.8, 4) is 0 Å². The Bertz CT molecular complexity index is 965. The third kappa shape index (κ3) is 3.92. The van der Waals surface area contributed by atoms with Gasteiger partial charge in [-0.2, -0.15) is 4.73 Å². The van der Waals surface area contributed by atoms with Crippen LogP contribution in [0, 0.1) is 0 Å². The topological polar surface area (TPSA) is 36.3 Å². The number of nitrogens with zero attached hydrogens (tertiary/aromatic N) is 2. The molecule has 0 aliphatic heterocycles. The van der Waals surface area contributed by atoms with Crippen LogP contribution >= 0.6 is 0 Å². The number of ether oxygens (including phenoxy) is 1. The van der Waals surface area contributed by atoms with E-state index in [4.69, 9.17) is 9.57 Å². The number of fused-ring (bicyclic) bond motifs is 1. The van der Waals surface area contributed by atoms with Crippen LogP contribution in [0.2, 0.25) is 0 Å². The summed E-state index contributed by atoms with van der Waals surface area (Å²) >= 11 is 0. The number of rotatable bonds is 7. The van der Waals surface area contributed by atoms with Gasteiger partial charge in [0.15, 0.2) is 0 Å². The second-order valence-corrected chi connectivity index (χ2v) is 6.11. The van der Waals surface area contributed by atoms with Crippen molar-refractivity contribution < 1.29 is 9.57 Å². The van der Waals surface area contributed by atoms with E-state index in [1.807, 2.05) is 73.1 Å². The molecule has 0 bridgehead atoms. The molecule has 0 fully saturated rings. The molecule has 4 heteroatoms. The second kappa shape index (κ2) is 7.85. The van der Waals surface area contributed by atoms with E-state index in [0.29, 0.717) is 19.8 Å². The van der Waals surface area contributed by atoms with Crippen LogP contribution in [-0.2, 0) is 24.6 Å². The first-order valence-electron chi connectivity index (χ1n) is 8.63. The average Bonchev–Trinajstić information content (AvgIpc) is 3.10. The normalized spacial score (nSPS) is 10.9. The summed E-state index contributed by atoms with van der Waals surface area (Å²) < 4.78 is 7.53. The van der Waals surface area contributed by atoms with Gasteiger partial charge in [-0.3, -0.25) is 4.98 Å². The quantitative estimate of drug-likeness (QED) is 0.499. The number of pyridine rings is 1. The lowest BCUT2D eigenvalue weighted by Crippen LogP contribution is -2.09. The Balaban J connectivity index is 1.38. The molecule has 2 aromatic heterocycles. The van der Waals surface area contributed by atoms with Gasteiger partial charge < -0.3 is 9.57 Å². The van der Waals surface area contributed by atoms with Gasteiger partial charge in [-0.1, -0.05) is 60.7 Å². The zero-order valence-corrected chi connectivity index (χ0v) is 14.4. The maximum absolute atomic E-state index is 5.87. The zero-order chi connectivity index (χ0) is 17.6. The lowest BCUT2D eigenvalue weighted by Gasteiger charge is -2.09. The van der Waals surface area contributed by atoms with E-state index in [9.17, 15) is 0 Å². The summed E-state index contributed by atoms with van der Waals surface area (Å²) in [7, 11) is 0. The van der Waals surface area contributed by atoms with E-state index < -0.39 is 0 Å². The molecule has 0 spiro atoms. The SMILES string of the molecule is c1ccc(COCc2cc3ccn(OCc4ccccc4)c3cn2)cc1. The van der Waals surface area contributed by atoms with Gasteiger partial charge >= 0.3 is 0 Å². The maximum atomic E-state index is 5.87. The predicted octanol–water partition coefficient (Wildman–Crippen LogP) is 4.38. The van der Waals surface area contributed by atoms with Crippen molar-refractivity contribution >= 4 is 10.9 Å². The van der Waals surface area contributed by atoms with Crippen LogP contribution < -0.4 is 4.84 Å². The van der Waals surface area contributed by atoms with Gasteiger partial charge in [0.05, 0.1) is 25.1 Å². The van der Waals surface area contributed by atoms with Crippen molar-refractivity contribution in [1.29, 1.82) is 0 Å². The van der Waals surface area contributed by atoms with Crippen LogP contribution in [0.25, 0.3) is 10.9 Å². The van der Waals surface area contributed by atoms with Crippen LogP contribution in [0.15, 0.2) is 85.2 Å². The average molecular weight is 344 g/mol. The Morgan fingerprint density at radius 2 is 1.46 bits per heavy atom. The van der Waals surface area contributed by atoms with Crippen molar-refractivity contribution in [3.63, 3.8) is 0 Å². The molecule has 0 amide bonds. The van der Waals surface area contributed by atoms with E-state index in [2.05, 4.69) is 17.1 Å². The highest BCUT2D eigenvalue weighted by Crippen LogP contribution is 2.16. The minimum absolute atomic E-state index is 0.487. The van der Waals surface area contributed by atoms with Crippen LogP contribution in [-0.4, -0.2) is 9.71 Å². The molecule has 0 saturated heterocycles. The molecule has 26 heavy (non-hydrogen) atoms. The van der Waals surface area contributed by atoms with E-state index in [1.165, 1.54) is 0 Å². The van der Waals surface area contributed by atoms with Gasteiger partial charge in [0, 0.05) is 11.6 Å². The lowest BCUT2D eigenvalue weighted by atomic mass is 10.2. The number of benzene rings is 2. The molecule has 0 N–H and O–H groups in total. The van der Waals surface area contributed by atoms with Crippen molar-refractivity contribution in [2.75, 3.05) is 0 Å². The fourth-order valence-corrected chi connectivity index (χ4v) is 2.81. The first-order valence-corrected chi connectivity index (χ1v) is 8.63. The summed E-state index contributed by atoms with van der Waals surface area (Å²) in [5, 5.41) is 1.09. The van der Waals surface area contributed by atoms with Crippen molar-refractivity contribution in [3.05, 3.63) is 102 Å². The van der Waals surface area contributed by atoms with E-state index in [0.717, 1.165) is 27.7 Å². The monoisotopic (exact) mass is 344 g/mol. The summed E-state index contributed by atoms with van der Waals surface area (Å²) in [6.45, 7) is 1.59. The van der Waals surface area contributed by atoms with Crippen molar-refractivity contribution in [1.82, 2.24) is 9.71 Å². The Hall–Kier alpha value is -3.11. The standard InChI is InChI=1S/C22H20N2O2/c1-3-7-18(8-4-1)15-25-17-21-13-20-11-12-24(22(20)14-23-21)26-16-19-9-5-2-6-10-19/h1-14H,15-17H2. The maximum Gasteiger partial charge on any atom is 0.140 e. The molecule has 0 aliphatic carbocycles. The van der Waals surface area contributed by atoms with Gasteiger partial charge in [-0.05, 0) is 23.3 Å². The predicted molar refractivity (Wildman–Crippen MR) is 101 cm³/mol.